The summed E-state index contributed by atoms with van der Waals surface area (Å²) in [6.45, 7) is 2.87. The highest BCUT2D eigenvalue weighted by molar-refractivity contribution is 5.02. The number of hydrogen-bond acceptors (Lipinski definition) is 2. The van der Waals surface area contributed by atoms with Gasteiger partial charge < -0.3 is 9.84 Å². The van der Waals surface area contributed by atoms with Gasteiger partial charge in [0.1, 0.15) is 0 Å². The zero-order valence-electron chi connectivity index (χ0n) is 5.63. The second-order valence-electron chi connectivity index (χ2n) is 2.39. The highest BCUT2D eigenvalue weighted by atomic mass is 16.5. The lowest BCUT2D eigenvalue weighted by atomic mass is 10.1. The Bertz CT molecular complexity index is 118. The van der Waals surface area contributed by atoms with Crippen LogP contribution in [0.5, 0.6) is 0 Å². The van der Waals surface area contributed by atoms with Crippen molar-refractivity contribution >= 4 is 0 Å². The smallest absolute Gasteiger partial charge is 0.0846 e. The van der Waals surface area contributed by atoms with Crippen molar-refractivity contribution < 1.29 is 9.84 Å². The van der Waals surface area contributed by atoms with Crippen LogP contribution in [0.1, 0.15) is 13.3 Å². The van der Waals surface area contributed by atoms with Gasteiger partial charge in [0.25, 0.3) is 0 Å². The Morgan fingerprint density at radius 1 is 1.89 bits per heavy atom. The first-order chi connectivity index (χ1) is 4.33. The fraction of sp³-hybridized carbons (Fsp3) is 0.714. The van der Waals surface area contributed by atoms with Gasteiger partial charge in [-0.2, -0.15) is 0 Å². The van der Waals surface area contributed by atoms with Crippen molar-refractivity contribution in [2.24, 2.45) is 0 Å². The molecule has 0 saturated carbocycles. The largest absolute Gasteiger partial charge is 0.394 e. The van der Waals surface area contributed by atoms with Crippen LogP contribution in [-0.4, -0.2) is 24.4 Å². The molecule has 52 valence electrons. The van der Waals surface area contributed by atoms with Crippen LogP contribution in [0.25, 0.3) is 0 Å². The van der Waals surface area contributed by atoms with Gasteiger partial charge in [-0.1, -0.05) is 11.6 Å². The van der Waals surface area contributed by atoms with E-state index in [2.05, 4.69) is 6.92 Å². The molecule has 2 nitrogen and oxygen atoms in total. The molecule has 0 aromatic rings. The van der Waals surface area contributed by atoms with Crippen molar-refractivity contribution in [1.82, 2.24) is 0 Å². The van der Waals surface area contributed by atoms with E-state index in [4.69, 9.17) is 9.84 Å². The van der Waals surface area contributed by atoms with E-state index in [0.717, 1.165) is 6.42 Å². The molecule has 1 heterocycles. The molecule has 0 saturated heterocycles. The number of aliphatic hydroxyl groups is 1. The summed E-state index contributed by atoms with van der Waals surface area (Å²) in [5, 5.41) is 8.66. The normalized spacial score (nSPS) is 27.8. The average molecular weight is 128 g/mol. The Kier molecular flexibility index (Phi) is 2.25. The van der Waals surface area contributed by atoms with E-state index in [9.17, 15) is 0 Å². The van der Waals surface area contributed by atoms with Gasteiger partial charge in [-0.05, 0) is 13.3 Å². The zero-order chi connectivity index (χ0) is 6.69. The number of rotatable bonds is 1. The molecule has 2 heteroatoms. The van der Waals surface area contributed by atoms with Crippen molar-refractivity contribution in [3.8, 4) is 0 Å². The molecular formula is C7H12O2. The Balaban J connectivity index is 2.39. The standard InChI is InChI=1S/C7H12O2/c1-6-2-3-9-7(4-6)5-8/h2,7-8H,3-5H2,1H3/t7-/m0/s1. The fourth-order valence-corrected chi connectivity index (χ4v) is 0.945. The summed E-state index contributed by atoms with van der Waals surface area (Å²) in [6, 6.07) is 0. The molecule has 0 aromatic carbocycles. The molecule has 1 aliphatic rings. The maximum absolute atomic E-state index is 8.66. The lowest BCUT2D eigenvalue weighted by molar-refractivity contribution is 0.0211. The van der Waals surface area contributed by atoms with Crippen LogP contribution in [0.2, 0.25) is 0 Å². The summed E-state index contributed by atoms with van der Waals surface area (Å²) in [4.78, 5) is 0. The van der Waals surface area contributed by atoms with Gasteiger partial charge in [0.15, 0.2) is 0 Å². The molecule has 0 radical (unpaired) electrons. The Morgan fingerprint density at radius 2 is 2.67 bits per heavy atom. The summed E-state index contributed by atoms with van der Waals surface area (Å²) in [5.41, 5.74) is 1.32. The highest BCUT2D eigenvalue weighted by Gasteiger charge is 2.11. The molecule has 0 aliphatic carbocycles. The zero-order valence-corrected chi connectivity index (χ0v) is 5.63. The van der Waals surface area contributed by atoms with E-state index >= 15 is 0 Å². The second kappa shape index (κ2) is 2.99. The minimum Gasteiger partial charge on any atom is -0.394 e. The Labute approximate surface area is 55.1 Å². The van der Waals surface area contributed by atoms with Crippen LogP contribution in [-0.2, 0) is 4.74 Å². The number of aliphatic hydroxyl groups excluding tert-OH is 1. The molecule has 0 bridgehead atoms. The third-order valence-electron chi connectivity index (χ3n) is 1.52. The van der Waals surface area contributed by atoms with Gasteiger partial charge in [0, 0.05) is 0 Å². The summed E-state index contributed by atoms with van der Waals surface area (Å²) in [7, 11) is 0. The van der Waals surface area contributed by atoms with Gasteiger partial charge in [-0.25, -0.2) is 0 Å². The maximum Gasteiger partial charge on any atom is 0.0846 e. The minimum atomic E-state index is 0.0509. The van der Waals surface area contributed by atoms with Crippen molar-refractivity contribution in [2.45, 2.75) is 19.4 Å². The molecule has 9 heavy (non-hydrogen) atoms. The lowest BCUT2D eigenvalue weighted by Gasteiger charge is -2.19. The molecule has 0 spiro atoms. The summed E-state index contributed by atoms with van der Waals surface area (Å²) in [5.74, 6) is 0. The first kappa shape index (κ1) is 6.78. The highest BCUT2D eigenvalue weighted by Crippen LogP contribution is 2.12. The third-order valence-corrected chi connectivity index (χ3v) is 1.52. The summed E-state index contributed by atoms with van der Waals surface area (Å²) in [6.07, 6.45) is 2.98. The topological polar surface area (TPSA) is 29.5 Å². The van der Waals surface area contributed by atoms with Gasteiger partial charge in [-0.15, -0.1) is 0 Å². The molecule has 0 unspecified atom stereocenters. The predicted molar refractivity (Wildman–Crippen MR) is 35.2 cm³/mol. The molecule has 1 aliphatic heterocycles. The van der Waals surface area contributed by atoms with Crippen molar-refractivity contribution in [3.63, 3.8) is 0 Å². The average Bonchev–Trinajstić information content (AvgIpc) is 1.88. The maximum atomic E-state index is 8.66. The van der Waals surface area contributed by atoms with E-state index in [1.807, 2.05) is 6.08 Å². The monoisotopic (exact) mass is 128 g/mol. The van der Waals surface area contributed by atoms with Crippen LogP contribution >= 0.6 is 0 Å². The summed E-state index contributed by atoms with van der Waals surface area (Å²) < 4.78 is 5.17. The van der Waals surface area contributed by atoms with Crippen LogP contribution in [0.4, 0.5) is 0 Å². The molecule has 0 fully saturated rings. The van der Waals surface area contributed by atoms with Crippen molar-refractivity contribution in [3.05, 3.63) is 11.6 Å². The van der Waals surface area contributed by atoms with Crippen molar-refractivity contribution in [1.29, 1.82) is 0 Å². The van der Waals surface area contributed by atoms with Crippen LogP contribution in [0.15, 0.2) is 11.6 Å². The molecule has 0 amide bonds. The molecule has 1 atom stereocenters. The van der Waals surface area contributed by atoms with E-state index < -0.39 is 0 Å². The quantitative estimate of drug-likeness (QED) is 0.527. The molecule has 1 N–H and O–H groups in total. The van der Waals surface area contributed by atoms with Crippen molar-refractivity contribution in [2.75, 3.05) is 13.2 Å². The van der Waals surface area contributed by atoms with Crippen LogP contribution in [0, 0.1) is 0 Å². The minimum absolute atomic E-state index is 0.0509. The van der Waals surface area contributed by atoms with Gasteiger partial charge in [0.05, 0.1) is 19.3 Å². The van der Waals surface area contributed by atoms with Gasteiger partial charge >= 0.3 is 0 Å². The van der Waals surface area contributed by atoms with Gasteiger partial charge in [-0.3, -0.25) is 0 Å². The predicted octanol–water partition coefficient (Wildman–Crippen LogP) is 0.714. The first-order valence-corrected chi connectivity index (χ1v) is 3.21. The third kappa shape index (κ3) is 1.80. The van der Waals surface area contributed by atoms with E-state index in [0.29, 0.717) is 6.61 Å². The lowest BCUT2D eigenvalue weighted by Crippen LogP contribution is -2.21. The van der Waals surface area contributed by atoms with Crippen LogP contribution in [0.3, 0.4) is 0 Å². The van der Waals surface area contributed by atoms with Gasteiger partial charge in [0.2, 0.25) is 0 Å². The SMILES string of the molecule is CC1=CCO[C@H](CO)C1. The second-order valence-corrected chi connectivity index (χ2v) is 2.39. The Morgan fingerprint density at radius 3 is 3.11 bits per heavy atom. The molecule has 0 aromatic heterocycles. The number of ether oxygens (including phenoxy) is 1. The Hall–Kier alpha value is -0.340. The van der Waals surface area contributed by atoms with E-state index in [1.165, 1.54) is 5.57 Å². The van der Waals surface area contributed by atoms with E-state index in [1.54, 1.807) is 0 Å². The molecular weight excluding hydrogens is 116 g/mol. The molecule has 1 rings (SSSR count). The summed E-state index contributed by atoms with van der Waals surface area (Å²) >= 11 is 0. The number of hydrogen-bond donors (Lipinski definition) is 1. The van der Waals surface area contributed by atoms with E-state index in [-0.39, 0.29) is 12.7 Å². The van der Waals surface area contributed by atoms with Crippen LogP contribution < -0.4 is 0 Å². The first-order valence-electron chi connectivity index (χ1n) is 3.21. The fourth-order valence-electron chi connectivity index (χ4n) is 0.945.